The van der Waals surface area contributed by atoms with Gasteiger partial charge in [0.25, 0.3) is 11.5 Å². The van der Waals surface area contributed by atoms with Gasteiger partial charge in [0, 0.05) is 53.1 Å². The molecule has 0 spiro atoms. The molecule has 0 saturated heterocycles. The van der Waals surface area contributed by atoms with Gasteiger partial charge in [-0.1, -0.05) is 25.4 Å². The number of carbonyl (C=O) groups is 1. The van der Waals surface area contributed by atoms with Crippen molar-refractivity contribution in [1.82, 2.24) is 14.5 Å². The highest BCUT2D eigenvalue weighted by molar-refractivity contribution is 9.10. The van der Waals surface area contributed by atoms with Crippen LogP contribution in [0.15, 0.2) is 64.1 Å². The smallest absolute Gasteiger partial charge is 0.260 e. The van der Waals surface area contributed by atoms with E-state index in [4.69, 9.17) is 27.8 Å². The summed E-state index contributed by atoms with van der Waals surface area (Å²) in [4.78, 5) is 32.5. The summed E-state index contributed by atoms with van der Waals surface area (Å²) in [6.45, 7) is 8.23. The summed E-state index contributed by atoms with van der Waals surface area (Å²) in [6.07, 6.45) is 4.14. The summed E-state index contributed by atoms with van der Waals surface area (Å²) in [5, 5.41) is 2.84. The Kier molecular flexibility index (Phi) is 10.4. The second-order valence-corrected chi connectivity index (χ2v) is 12.3. The standard InChI is InChI=1S/C20H24BrN3O2.C13H10ClFN2O/c1-11(2)7-13(22)10-26-18-9-17-15(8-16(18)21)14-5-6-23-12(3)19(14)20(25)24(17)4;1-7-12(13(16)18)10(4-5-17-7)9-3-2-8(14)6-11(9)15/h5-6,8-9,11,13H,7,10,22H2,1-4H3;2-6H,1H3,(H2,16,18)/t13-;/m0./s1. The molecule has 0 unspecified atom stereocenters. The Labute approximate surface area is 268 Å². The van der Waals surface area contributed by atoms with Gasteiger partial charge in [0.2, 0.25) is 0 Å². The van der Waals surface area contributed by atoms with E-state index in [0.717, 1.165) is 32.9 Å². The minimum Gasteiger partial charge on any atom is -0.491 e. The molecule has 8 nitrogen and oxygen atoms in total. The minimum atomic E-state index is -0.634. The van der Waals surface area contributed by atoms with Gasteiger partial charge in [-0.3, -0.25) is 19.6 Å². The fraction of sp³-hybridized carbons (Fsp3) is 0.273. The van der Waals surface area contributed by atoms with Crippen LogP contribution in [0.1, 0.15) is 42.0 Å². The van der Waals surface area contributed by atoms with E-state index < -0.39 is 11.7 Å². The molecule has 0 fully saturated rings. The van der Waals surface area contributed by atoms with E-state index in [9.17, 15) is 14.0 Å². The fourth-order valence-corrected chi connectivity index (χ4v) is 5.78. The van der Waals surface area contributed by atoms with Crippen molar-refractivity contribution in [3.05, 3.63) is 97.5 Å². The van der Waals surface area contributed by atoms with Crippen LogP contribution in [0.25, 0.3) is 32.8 Å². The van der Waals surface area contributed by atoms with E-state index in [1.54, 1.807) is 36.9 Å². The minimum absolute atomic E-state index is 0.0215. The predicted molar refractivity (Wildman–Crippen MR) is 178 cm³/mol. The number of carbonyl (C=O) groups excluding carboxylic acids is 1. The maximum atomic E-state index is 13.9. The number of hydrogen-bond acceptors (Lipinski definition) is 6. The van der Waals surface area contributed by atoms with Crippen molar-refractivity contribution >= 4 is 55.1 Å². The van der Waals surface area contributed by atoms with Gasteiger partial charge in [0.1, 0.15) is 18.2 Å². The van der Waals surface area contributed by atoms with Gasteiger partial charge >= 0.3 is 0 Å². The van der Waals surface area contributed by atoms with Gasteiger partial charge in [0.15, 0.2) is 0 Å². The zero-order chi connectivity index (χ0) is 32.3. The molecule has 0 saturated carbocycles. The van der Waals surface area contributed by atoms with E-state index in [0.29, 0.717) is 39.9 Å². The molecule has 0 radical (unpaired) electrons. The highest BCUT2D eigenvalue weighted by Gasteiger charge is 2.17. The lowest BCUT2D eigenvalue weighted by molar-refractivity contribution is 0.1000. The van der Waals surface area contributed by atoms with Gasteiger partial charge < -0.3 is 20.8 Å². The SMILES string of the molecule is Cc1nccc(-c2ccc(Cl)cc2F)c1C(N)=O.Cc1nccc2c1c(=O)n(C)c1cc(OC[C@@H](N)CC(C)C)c(Br)cc21. The van der Waals surface area contributed by atoms with E-state index >= 15 is 0 Å². The van der Waals surface area contributed by atoms with Crippen LogP contribution in [0.4, 0.5) is 4.39 Å². The van der Waals surface area contributed by atoms with Crippen molar-refractivity contribution in [3.63, 3.8) is 0 Å². The molecule has 5 rings (SSSR count). The van der Waals surface area contributed by atoms with Crippen molar-refractivity contribution in [3.8, 4) is 16.9 Å². The van der Waals surface area contributed by atoms with Gasteiger partial charge in [0.05, 0.1) is 32.3 Å². The van der Waals surface area contributed by atoms with Crippen LogP contribution >= 0.6 is 27.5 Å². The van der Waals surface area contributed by atoms with Crippen LogP contribution in [0, 0.1) is 25.6 Å². The first-order valence-electron chi connectivity index (χ1n) is 14.0. The van der Waals surface area contributed by atoms with Crippen LogP contribution < -0.4 is 21.8 Å². The molecular weight excluding hydrogens is 649 g/mol. The number of rotatable bonds is 7. The number of aryl methyl sites for hydroxylation is 3. The highest BCUT2D eigenvalue weighted by Crippen LogP contribution is 2.34. The Morgan fingerprint density at radius 1 is 1.05 bits per heavy atom. The average Bonchev–Trinajstić information content (AvgIpc) is 2.94. The second-order valence-electron chi connectivity index (χ2n) is 11.0. The number of nitrogens with zero attached hydrogens (tertiary/aromatic N) is 3. The lowest BCUT2D eigenvalue weighted by Crippen LogP contribution is -2.29. The molecule has 1 amide bonds. The number of pyridine rings is 3. The third-order valence-corrected chi connectivity index (χ3v) is 8.05. The summed E-state index contributed by atoms with van der Waals surface area (Å²) >= 11 is 9.29. The van der Waals surface area contributed by atoms with Crippen molar-refractivity contribution in [1.29, 1.82) is 0 Å². The first kappa shape index (κ1) is 33.0. The summed E-state index contributed by atoms with van der Waals surface area (Å²) in [5.74, 6) is 0.0788. The maximum absolute atomic E-state index is 13.9. The zero-order valence-corrected chi connectivity index (χ0v) is 27.5. The third-order valence-electron chi connectivity index (χ3n) is 7.20. The fourth-order valence-electron chi connectivity index (χ4n) is 5.16. The largest absolute Gasteiger partial charge is 0.491 e. The Balaban J connectivity index is 0.000000215. The molecule has 11 heteroatoms. The van der Waals surface area contributed by atoms with Crippen molar-refractivity contribution in [2.45, 2.75) is 40.2 Å². The number of ether oxygens (including phenoxy) is 1. The number of benzene rings is 2. The van der Waals surface area contributed by atoms with Crippen LogP contribution in [-0.4, -0.2) is 33.1 Å². The summed E-state index contributed by atoms with van der Waals surface area (Å²) in [5.41, 5.74) is 14.3. The molecule has 3 heterocycles. The molecule has 0 aliphatic rings. The molecule has 44 heavy (non-hydrogen) atoms. The number of nitrogens with two attached hydrogens (primary N) is 2. The van der Waals surface area contributed by atoms with Crippen LogP contribution in [0.5, 0.6) is 5.75 Å². The molecule has 1 atom stereocenters. The quantitative estimate of drug-likeness (QED) is 0.181. The number of primary amides is 1. The number of fused-ring (bicyclic) bond motifs is 3. The molecule has 0 bridgehead atoms. The molecule has 0 aliphatic carbocycles. The second kappa shape index (κ2) is 13.8. The normalized spacial score (nSPS) is 11.9. The van der Waals surface area contributed by atoms with Crippen molar-refractivity contribution in [2.24, 2.45) is 24.4 Å². The van der Waals surface area contributed by atoms with Crippen molar-refractivity contribution in [2.75, 3.05) is 6.61 Å². The van der Waals surface area contributed by atoms with Crippen LogP contribution in [0.3, 0.4) is 0 Å². The predicted octanol–water partition coefficient (Wildman–Crippen LogP) is 6.86. The van der Waals surface area contributed by atoms with Crippen LogP contribution in [-0.2, 0) is 7.05 Å². The zero-order valence-electron chi connectivity index (χ0n) is 25.1. The third kappa shape index (κ3) is 7.09. The topological polar surface area (TPSA) is 126 Å². The van der Waals surface area contributed by atoms with Gasteiger partial charge in [-0.05, 0) is 83.9 Å². The molecule has 5 aromatic rings. The summed E-state index contributed by atoms with van der Waals surface area (Å²) in [7, 11) is 1.78. The molecule has 0 aliphatic heterocycles. The Morgan fingerprint density at radius 3 is 2.39 bits per heavy atom. The van der Waals surface area contributed by atoms with E-state index in [1.807, 2.05) is 25.1 Å². The number of amides is 1. The van der Waals surface area contributed by atoms with E-state index in [2.05, 4.69) is 39.7 Å². The summed E-state index contributed by atoms with van der Waals surface area (Å²) in [6, 6.07) is 11.6. The first-order chi connectivity index (χ1) is 20.8. The maximum Gasteiger partial charge on any atom is 0.260 e. The molecular formula is C33H34BrClFN5O3. The average molecular weight is 683 g/mol. The highest BCUT2D eigenvalue weighted by atomic mass is 79.9. The van der Waals surface area contributed by atoms with Gasteiger partial charge in [-0.2, -0.15) is 0 Å². The van der Waals surface area contributed by atoms with E-state index in [-0.39, 0.29) is 22.7 Å². The van der Waals surface area contributed by atoms with Gasteiger partial charge in [-0.25, -0.2) is 4.39 Å². The lowest BCUT2D eigenvalue weighted by atomic mass is 9.98. The number of hydrogen-bond donors (Lipinski definition) is 2. The Bertz CT molecular complexity index is 1930. The molecule has 4 N–H and O–H groups in total. The number of aromatic nitrogens is 3. The van der Waals surface area contributed by atoms with Crippen LogP contribution in [0.2, 0.25) is 5.02 Å². The molecule has 2 aromatic carbocycles. The molecule has 3 aromatic heterocycles. The number of halogens is 3. The lowest BCUT2D eigenvalue weighted by Gasteiger charge is -2.17. The Morgan fingerprint density at radius 2 is 1.73 bits per heavy atom. The monoisotopic (exact) mass is 681 g/mol. The molecule has 230 valence electrons. The Hall–Kier alpha value is -3.86. The van der Waals surface area contributed by atoms with Crippen molar-refractivity contribution < 1.29 is 13.9 Å². The van der Waals surface area contributed by atoms with Gasteiger partial charge in [-0.15, -0.1) is 0 Å². The summed E-state index contributed by atoms with van der Waals surface area (Å²) < 4.78 is 22.3. The van der Waals surface area contributed by atoms with E-state index in [1.165, 1.54) is 18.3 Å². The first-order valence-corrected chi connectivity index (χ1v) is 15.1.